The molecule has 0 aromatic heterocycles. The van der Waals surface area contributed by atoms with Gasteiger partial charge in [0.25, 0.3) is 11.8 Å². The molecule has 0 atom stereocenters. The molecule has 0 spiro atoms. The second-order valence-electron chi connectivity index (χ2n) is 5.48. The number of sulfonamides is 1. The first-order chi connectivity index (χ1) is 10.7. The molecule has 3 N–H and O–H groups in total. The van der Waals surface area contributed by atoms with E-state index in [9.17, 15) is 22.0 Å². The molecule has 1 fully saturated rings. The van der Waals surface area contributed by atoms with Crippen molar-refractivity contribution in [3.05, 3.63) is 29.3 Å². The fourth-order valence-electron chi connectivity index (χ4n) is 2.36. The van der Waals surface area contributed by atoms with Crippen molar-refractivity contribution < 1.29 is 22.0 Å². The summed E-state index contributed by atoms with van der Waals surface area (Å²) in [5.74, 6) is -3.71. The lowest BCUT2D eigenvalue weighted by Crippen LogP contribution is -2.41. The van der Waals surface area contributed by atoms with Gasteiger partial charge in [0, 0.05) is 12.1 Å². The molecule has 24 heavy (non-hydrogen) atoms. The van der Waals surface area contributed by atoms with Gasteiger partial charge in [0.05, 0.1) is 24.5 Å². The molecule has 0 saturated carbocycles. The first-order valence-electron chi connectivity index (χ1n) is 7.13. The van der Waals surface area contributed by atoms with Crippen LogP contribution >= 0.6 is 12.4 Å². The monoisotopic (exact) mass is 383 g/mol. The fraction of sp³-hybridized carbons (Fsp3) is 0.500. The SMILES string of the molecule is Cc1cc(N2CCCS2(=O)=O)ccc1C(=O)NCC(F)(F)CN.Cl. The van der Waals surface area contributed by atoms with E-state index in [4.69, 9.17) is 5.73 Å². The first-order valence-corrected chi connectivity index (χ1v) is 8.74. The number of amides is 1. The van der Waals surface area contributed by atoms with E-state index < -0.39 is 34.9 Å². The van der Waals surface area contributed by atoms with Gasteiger partial charge in [-0.3, -0.25) is 9.10 Å². The first kappa shape index (κ1) is 20.6. The van der Waals surface area contributed by atoms with Crippen molar-refractivity contribution in [1.29, 1.82) is 0 Å². The zero-order valence-electron chi connectivity index (χ0n) is 13.1. The van der Waals surface area contributed by atoms with Crippen LogP contribution < -0.4 is 15.4 Å². The number of nitrogens with two attached hydrogens (primary N) is 1. The fourth-order valence-corrected chi connectivity index (χ4v) is 3.92. The summed E-state index contributed by atoms with van der Waals surface area (Å²) >= 11 is 0. The normalized spacial score (nSPS) is 16.6. The smallest absolute Gasteiger partial charge is 0.277 e. The maximum Gasteiger partial charge on any atom is 0.277 e. The van der Waals surface area contributed by atoms with Crippen LogP contribution in [0, 0.1) is 6.92 Å². The summed E-state index contributed by atoms with van der Waals surface area (Å²) in [6.45, 7) is 0.334. The molecule has 1 aromatic rings. The summed E-state index contributed by atoms with van der Waals surface area (Å²) in [4.78, 5) is 12.0. The molecule has 1 saturated heterocycles. The number of carbonyl (C=O) groups excluding carboxylic acids is 1. The molecule has 1 amide bonds. The van der Waals surface area contributed by atoms with E-state index in [1.54, 1.807) is 13.0 Å². The number of nitrogens with zero attached hydrogens (tertiary/aromatic N) is 1. The van der Waals surface area contributed by atoms with Crippen LogP contribution in [0.15, 0.2) is 18.2 Å². The second kappa shape index (κ2) is 7.62. The Balaban J connectivity index is 0.00000288. The Kier molecular flexibility index (Phi) is 6.54. The van der Waals surface area contributed by atoms with E-state index in [0.29, 0.717) is 24.2 Å². The van der Waals surface area contributed by atoms with Gasteiger partial charge in [0.15, 0.2) is 0 Å². The van der Waals surface area contributed by atoms with Gasteiger partial charge in [0.1, 0.15) is 0 Å². The maximum absolute atomic E-state index is 13.1. The molecular weight excluding hydrogens is 364 g/mol. The average Bonchev–Trinajstić information content (AvgIpc) is 2.84. The van der Waals surface area contributed by atoms with E-state index in [-0.39, 0.29) is 23.7 Å². The van der Waals surface area contributed by atoms with Crippen LogP contribution in [0.4, 0.5) is 14.5 Å². The minimum atomic E-state index is -3.30. The Morgan fingerprint density at radius 1 is 1.42 bits per heavy atom. The number of aryl methyl sites for hydroxylation is 1. The number of halogens is 3. The molecular formula is C14H20ClF2N3O3S. The van der Waals surface area contributed by atoms with Gasteiger partial charge >= 0.3 is 0 Å². The Labute approximate surface area is 145 Å². The van der Waals surface area contributed by atoms with Gasteiger partial charge in [-0.2, -0.15) is 0 Å². The number of hydrogen-bond acceptors (Lipinski definition) is 4. The molecule has 2 rings (SSSR count). The van der Waals surface area contributed by atoms with Crippen LogP contribution in [0.3, 0.4) is 0 Å². The molecule has 1 aliphatic heterocycles. The van der Waals surface area contributed by atoms with Crippen LogP contribution in [-0.4, -0.2) is 45.6 Å². The number of benzene rings is 1. The quantitative estimate of drug-likeness (QED) is 0.801. The second-order valence-corrected chi connectivity index (χ2v) is 7.50. The third-order valence-corrected chi connectivity index (χ3v) is 5.52. The van der Waals surface area contributed by atoms with Crippen LogP contribution in [0.25, 0.3) is 0 Å². The Morgan fingerprint density at radius 3 is 2.58 bits per heavy atom. The Bertz CT molecular complexity index is 713. The molecule has 0 radical (unpaired) electrons. The molecule has 0 unspecified atom stereocenters. The third kappa shape index (κ3) is 4.55. The Hall–Kier alpha value is -1.45. The number of rotatable bonds is 5. The Morgan fingerprint density at radius 2 is 2.08 bits per heavy atom. The largest absolute Gasteiger partial charge is 0.346 e. The summed E-state index contributed by atoms with van der Waals surface area (Å²) in [5, 5.41) is 2.14. The number of nitrogens with one attached hydrogen (secondary N) is 1. The third-order valence-electron chi connectivity index (χ3n) is 3.65. The lowest BCUT2D eigenvalue weighted by atomic mass is 10.1. The van der Waals surface area contributed by atoms with Gasteiger partial charge < -0.3 is 11.1 Å². The van der Waals surface area contributed by atoms with Crippen molar-refractivity contribution in [3.63, 3.8) is 0 Å². The summed E-state index contributed by atoms with van der Waals surface area (Å²) in [6, 6.07) is 4.51. The lowest BCUT2D eigenvalue weighted by molar-refractivity contribution is 0.0118. The van der Waals surface area contributed by atoms with Crippen molar-refractivity contribution in [2.24, 2.45) is 5.73 Å². The predicted octanol–water partition coefficient (Wildman–Crippen LogP) is 1.28. The summed E-state index contributed by atoms with van der Waals surface area (Å²) in [7, 11) is -3.30. The molecule has 1 aliphatic rings. The van der Waals surface area contributed by atoms with Gasteiger partial charge in [0.2, 0.25) is 10.0 Å². The van der Waals surface area contributed by atoms with Crippen molar-refractivity contribution in [2.75, 3.05) is 29.7 Å². The van der Waals surface area contributed by atoms with Gasteiger partial charge in [-0.05, 0) is 37.1 Å². The van der Waals surface area contributed by atoms with Crippen LogP contribution in [0.1, 0.15) is 22.3 Å². The van der Waals surface area contributed by atoms with E-state index in [2.05, 4.69) is 5.32 Å². The number of alkyl halides is 2. The standard InChI is InChI=1S/C14H19F2N3O3S.ClH/c1-10-7-11(19-5-2-6-23(19,21)22)3-4-12(10)13(20)18-9-14(15,16)8-17;/h3-4,7H,2,5-6,8-9,17H2,1H3,(H,18,20);1H. The highest BCUT2D eigenvalue weighted by Gasteiger charge is 2.30. The predicted molar refractivity (Wildman–Crippen MR) is 90.5 cm³/mol. The van der Waals surface area contributed by atoms with Crippen molar-refractivity contribution in [3.8, 4) is 0 Å². The minimum Gasteiger partial charge on any atom is -0.346 e. The number of anilines is 1. The molecule has 1 heterocycles. The zero-order valence-corrected chi connectivity index (χ0v) is 14.7. The molecule has 0 aliphatic carbocycles. The number of carbonyl (C=O) groups is 1. The summed E-state index contributed by atoms with van der Waals surface area (Å²) in [6.07, 6.45) is 0.553. The molecule has 136 valence electrons. The van der Waals surface area contributed by atoms with Crippen molar-refractivity contribution >= 4 is 34.0 Å². The summed E-state index contributed by atoms with van der Waals surface area (Å²) in [5.41, 5.74) is 6.12. The average molecular weight is 384 g/mol. The van der Waals surface area contributed by atoms with Crippen LogP contribution in [0.2, 0.25) is 0 Å². The molecule has 0 bridgehead atoms. The van der Waals surface area contributed by atoms with Crippen molar-refractivity contribution in [1.82, 2.24) is 5.32 Å². The van der Waals surface area contributed by atoms with Gasteiger partial charge in [-0.1, -0.05) is 0 Å². The lowest BCUT2D eigenvalue weighted by Gasteiger charge is -2.19. The van der Waals surface area contributed by atoms with E-state index in [0.717, 1.165) is 0 Å². The van der Waals surface area contributed by atoms with E-state index >= 15 is 0 Å². The maximum atomic E-state index is 13.1. The van der Waals surface area contributed by atoms with Gasteiger partial charge in [-0.15, -0.1) is 12.4 Å². The zero-order chi connectivity index (χ0) is 17.3. The topological polar surface area (TPSA) is 92.5 Å². The molecule has 6 nitrogen and oxygen atoms in total. The molecule has 10 heteroatoms. The highest BCUT2D eigenvalue weighted by atomic mass is 35.5. The highest BCUT2D eigenvalue weighted by molar-refractivity contribution is 7.93. The van der Waals surface area contributed by atoms with E-state index in [1.165, 1.54) is 16.4 Å². The van der Waals surface area contributed by atoms with E-state index in [1.807, 2.05) is 0 Å². The number of hydrogen-bond donors (Lipinski definition) is 2. The summed E-state index contributed by atoms with van der Waals surface area (Å²) < 4.78 is 51.2. The highest BCUT2D eigenvalue weighted by Crippen LogP contribution is 2.26. The van der Waals surface area contributed by atoms with Crippen LogP contribution in [0.5, 0.6) is 0 Å². The van der Waals surface area contributed by atoms with Crippen molar-refractivity contribution in [2.45, 2.75) is 19.3 Å². The molecule has 1 aromatic carbocycles. The van der Waals surface area contributed by atoms with Crippen LogP contribution in [-0.2, 0) is 10.0 Å². The minimum absolute atomic E-state index is 0. The van der Waals surface area contributed by atoms with Gasteiger partial charge in [-0.25, -0.2) is 17.2 Å².